The first kappa shape index (κ1) is 35.8. The van der Waals surface area contributed by atoms with Gasteiger partial charge in [0.25, 0.3) is 0 Å². The van der Waals surface area contributed by atoms with Gasteiger partial charge in [-0.15, -0.1) is 0 Å². The van der Waals surface area contributed by atoms with Gasteiger partial charge in [0, 0.05) is 21.2 Å². The van der Waals surface area contributed by atoms with E-state index >= 15 is 0 Å². The summed E-state index contributed by atoms with van der Waals surface area (Å²) >= 11 is 11.0. The quantitative estimate of drug-likeness (QED) is 0.136. The summed E-state index contributed by atoms with van der Waals surface area (Å²) in [5, 5.41) is -0.341. The van der Waals surface area contributed by atoms with Crippen LogP contribution in [0.25, 0.3) is 0 Å². The lowest BCUT2D eigenvalue weighted by molar-refractivity contribution is -0.159. The number of hydrogen-bond acceptors (Lipinski definition) is 6. The molecule has 0 bridgehead atoms. The van der Waals surface area contributed by atoms with Gasteiger partial charge in [-0.25, -0.2) is 0 Å². The van der Waals surface area contributed by atoms with Crippen LogP contribution in [-0.4, -0.2) is 34.7 Å². The number of ether oxygens (including phenoxy) is 1. The van der Waals surface area contributed by atoms with Crippen LogP contribution >= 0.6 is 23.2 Å². The molecule has 0 aliphatic rings. The molecule has 14 heteroatoms. The van der Waals surface area contributed by atoms with Crippen LogP contribution in [0, 0.1) is 5.92 Å². The van der Waals surface area contributed by atoms with Crippen molar-refractivity contribution in [3.05, 3.63) is 68.7 Å². The molecule has 2 aromatic carbocycles. The Morgan fingerprint density at radius 2 is 1.17 bits per heavy atom. The van der Waals surface area contributed by atoms with E-state index in [9.17, 15) is 50.3 Å². The van der Waals surface area contributed by atoms with Crippen LogP contribution in [0.2, 0.25) is 10.0 Å². The van der Waals surface area contributed by atoms with Crippen molar-refractivity contribution in [1.29, 1.82) is 0 Å². The molecule has 0 aliphatic carbocycles. The second-order valence-electron chi connectivity index (χ2n) is 9.62. The van der Waals surface area contributed by atoms with Crippen LogP contribution in [0.5, 0.6) is 0 Å². The summed E-state index contributed by atoms with van der Waals surface area (Å²) in [5.41, 5.74) is -4.76. The van der Waals surface area contributed by atoms with Crippen molar-refractivity contribution in [1.82, 2.24) is 0 Å². The first-order valence-electron chi connectivity index (χ1n) is 11.5. The normalized spacial score (nSPS) is 12.5. The molecule has 0 fully saturated rings. The van der Waals surface area contributed by atoms with Crippen LogP contribution < -0.4 is 0 Å². The highest BCUT2D eigenvalue weighted by Gasteiger charge is 2.41. The lowest BCUT2D eigenvalue weighted by Crippen LogP contribution is -2.37. The zero-order valence-electron chi connectivity index (χ0n) is 22.2. The van der Waals surface area contributed by atoms with Gasteiger partial charge in [-0.1, -0.05) is 23.2 Å². The molecule has 1 atom stereocenters. The summed E-state index contributed by atoms with van der Waals surface area (Å²) in [7, 11) is 0. The van der Waals surface area contributed by atoms with Gasteiger partial charge in [-0.2, -0.15) is 26.3 Å². The van der Waals surface area contributed by atoms with Gasteiger partial charge < -0.3 is 4.74 Å². The Morgan fingerprint density at radius 3 is 1.54 bits per heavy atom. The molecule has 6 nitrogen and oxygen atoms in total. The number of halogens is 8. The Kier molecular flexibility index (Phi) is 11.9. The molecule has 41 heavy (non-hydrogen) atoms. The topological polar surface area (TPSA) is 94.6 Å². The molecule has 0 N–H and O–H groups in total. The molecule has 224 valence electrons. The maximum Gasteiger partial charge on any atom is 0.417 e. The summed E-state index contributed by atoms with van der Waals surface area (Å²) in [4.78, 5) is 58.4. The van der Waals surface area contributed by atoms with Gasteiger partial charge in [-0.3, -0.25) is 24.0 Å². The second-order valence-corrected chi connectivity index (χ2v) is 10.5. The fraction of sp³-hybridized carbons (Fsp3) is 0.370. The molecule has 0 heterocycles. The molecule has 0 spiro atoms. The number of benzene rings is 2. The largest absolute Gasteiger partial charge is 0.459 e. The number of esters is 1. The molecule has 1 unspecified atom stereocenters. The minimum atomic E-state index is -4.87. The number of Topliss-reactive ketones (excluding diaryl/α,β-unsaturated/α-hetero) is 4. The summed E-state index contributed by atoms with van der Waals surface area (Å²) in [6.45, 7) is 6.61. The minimum Gasteiger partial charge on any atom is -0.459 e. The fourth-order valence-corrected chi connectivity index (χ4v) is 3.60. The predicted octanol–water partition coefficient (Wildman–Crippen LogP) is 7.61. The van der Waals surface area contributed by atoms with Crippen molar-refractivity contribution in [3.63, 3.8) is 0 Å². The third kappa shape index (κ3) is 10.9. The smallest absolute Gasteiger partial charge is 0.417 e. The number of rotatable bonds is 7. The molecule has 0 aromatic heterocycles. The van der Waals surface area contributed by atoms with Gasteiger partial charge in [-0.05, 0) is 71.0 Å². The number of hydrogen-bond donors (Lipinski definition) is 0. The molecule has 2 rings (SSSR count). The minimum absolute atomic E-state index is 0.114. The fourth-order valence-electron chi connectivity index (χ4n) is 3.26. The Labute approximate surface area is 240 Å². The average molecular weight is 629 g/mol. The van der Waals surface area contributed by atoms with Gasteiger partial charge in [0.2, 0.25) is 0 Å². The van der Waals surface area contributed by atoms with E-state index in [1.54, 1.807) is 0 Å². The van der Waals surface area contributed by atoms with Gasteiger partial charge in [0.1, 0.15) is 11.4 Å². The summed E-state index contributed by atoms with van der Waals surface area (Å²) in [6, 6.07) is 5.33. The van der Waals surface area contributed by atoms with Gasteiger partial charge in [0.05, 0.1) is 17.5 Å². The maximum absolute atomic E-state index is 13.1. The van der Waals surface area contributed by atoms with E-state index in [0.29, 0.717) is 12.1 Å². The standard InChI is InChI=1S/C16H16ClF3O4.C11H8ClF3O2/c1-8(21)12(14(23)24-15(2,3)4)13(22)10-6-5-9(17)7-11(10)16(18,19)20;1-6(16)4-10(17)8-3-2-7(12)5-9(8)11(13,14)15/h5-7,12H,1-4H3;2-3,5H,4H2,1H3. The lowest BCUT2D eigenvalue weighted by atomic mass is 9.91. The zero-order chi connectivity index (χ0) is 32.1. The average Bonchev–Trinajstić information content (AvgIpc) is 2.76. The van der Waals surface area contributed by atoms with Gasteiger partial charge >= 0.3 is 18.3 Å². The van der Waals surface area contributed by atoms with Crippen molar-refractivity contribution >= 4 is 52.3 Å². The van der Waals surface area contributed by atoms with E-state index in [-0.39, 0.29) is 10.0 Å². The maximum atomic E-state index is 13.1. The van der Waals surface area contributed by atoms with Crippen molar-refractivity contribution in [2.75, 3.05) is 0 Å². The first-order chi connectivity index (χ1) is 18.5. The van der Waals surface area contributed by atoms with E-state index in [1.807, 2.05) is 0 Å². The van der Waals surface area contributed by atoms with Crippen molar-refractivity contribution in [2.24, 2.45) is 5.92 Å². The first-order valence-corrected chi connectivity index (χ1v) is 12.2. The van der Waals surface area contributed by atoms with E-state index in [0.717, 1.165) is 32.0 Å². The second kappa shape index (κ2) is 13.6. The highest BCUT2D eigenvalue weighted by atomic mass is 35.5. The lowest BCUT2D eigenvalue weighted by Gasteiger charge is -2.23. The molecular formula is C27H24Cl2F6O6. The van der Waals surface area contributed by atoms with Gasteiger partial charge in [0.15, 0.2) is 23.3 Å². The van der Waals surface area contributed by atoms with Crippen LogP contribution in [0.3, 0.4) is 0 Å². The van der Waals surface area contributed by atoms with Crippen molar-refractivity contribution in [2.45, 2.75) is 59.0 Å². The molecule has 0 aliphatic heterocycles. The molecular weight excluding hydrogens is 605 g/mol. The Bertz CT molecular complexity index is 1340. The molecule has 0 radical (unpaired) electrons. The summed E-state index contributed by atoms with van der Waals surface area (Å²) in [5.74, 6) is -6.69. The predicted molar refractivity (Wildman–Crippen MR) is 137 cm³/mol. The van der Waals surface area contributed by atoms with Crippen LogP contribution in [0.1, 0.15) is 72.9 Å². The molecule has 0 saturated carbocycles. The molecule has 0 amide bonds. The Morgan fingerprint density at radius 1 is 0.756 bits per heavy atom. The van der Waals surface area contributed by atoms with Crippen molar-refractivity contribution in [3.8, 4) is 0 Å². The number of alkyl halides is 6. The monoisotopic (exact) mass is 628 g/mol. The Balaban J connectivity index is 0.000000435. The van der Waals surface area contributed by atoms with Crippen LogP contribution in [-0.2, 0) is 31.5 Å². The van der Waals surface area contributed by atoms with Crippen molar-refractivity contribution < 1.29 is 55.1 Å². The summed E-state index contributed by atoms with van der Waals surface area (Å²) in [6.07, 6.45) is -10.1. The molecule has 0 saturated heterocycles. The number of carbonyl (C=O) groups is 5. The van der Waals surface area contributed by atoms with E-state index in [4.69, 9.17) is 27.9 Å². The summed E-state index contributed by atoms with van der Waals surface area (Å²) < 4.78 is 82.2. The Hall–Kier alpha value is -3.25. The van der Waals surface area contributed by atoms with Crippen LogP contribution in [0.15, 0.2) is 36.4 Å². The number of ketones is 4. The van der Waals surface area contributed by atoms with E-state index in [1.165, 1.54) is 26.8 Å². The molecule has 2 aromatic rings. The number of carbonyl (C=O) groups excluding carboxylic acids is 5. The highest BCUT2D eigenvalue weighted by Crippen LogP contribution is 2.36. The zero-order valence-corrected chi connectivity index (χ0v) is 23.7. The highest BCUT2D eigenvalue weighted by molar-refractivity contribution is 6.31. The van der Waals surface area contributed by atoms with Crippen LogP contribution in [0.4, 0.5) is 26.3 Å². The van der Waals surface area contributed by atoms with E-state index in [2.05, 4.69) is 0 Å². The third-order valence-corrected chi connectivity index (χ3v) is 5.33. The third-order valence-electron chi connectivity index (χ3n) is 4.86. The SMILES string of the molecule is CC(=O)C(C(=O)OC(C)(C)C)C(=O)c1ccc(Cl)cc1C(F)(F)F.CC(=O)CC(=O)c1ccc(Cl)cc1C(F)(F)F. The van der Waals surface area contributed by atoms with E-state index < -0.39 is 81.6 Å².